The number of nitrogens with one attached hydrogen (secondary N) is 1. The summed E-state index contributed by atoms with van der Waals surface area (Å²) in [5.41, 5.74) is 0. The summed E-state index contributed by atoms with van der Waals surface area (Å²) in [6, 6.07) is -1.18. The normalized spacial score (nSPS) is 22.4. The highest BCUT2D eigenvalue weighted by atomic mass is 16.5. The van der Waals surface area contributed by atoms with Crippen molar-refractivity contribution in [2.75, 3.05) is 19.7 Å². The van der Waals surface area contributed by atoms with Gasteiger partial charge in [0.15, 0.2) is 0 Å². The lowest BCUT2D eigenvalue weighted by molar-refractivity contribution is -0.140. The Kier molecular flexibility index (Phi) is 5.40. The van der Waals surface area contributed by atoms with Gasteiger partial charge < -0.3 is 20.1 Å². The highest BCUT2D eigenvalue weighted by Crippen LogP contribution is 2.08. The predicted octanol–water partition coefficient (Wildman–Crippen LogP) is 0.916. The van der Waals surface area contributed by atoms with Gasteiger partial charge in [-0.1, -0.05) is 13.8 Å². The van der Waals surface area contributed by atoms with Crippen LogP contribution in [0.3, 0.4) is 0 Å². The fourth-order valence-corrected chi connectivity index (χ4v) is 1.92. The minimum atomic E-state index is -1.00. The smallest absolute Gasteiger partial charge is 0.326 e. The summed E-state index contributed by atoms with van der Waals surface area (Å²) in [6.45, 7) is 7.18. The van der Waals surface area contributed by atoms with Crippen LogP contribution in [0.4, 0.5) is 4.79 Å². The van der Waals surface area contributed by atoms with Crippen molar-refractivity contribution in [1.82, 2.24) is 10.2 Å². The highest BCUT2D eigenvalue weighted by molar-refractivity contribution is 5.82. The molecule has 0 aromatic rings. The SMILES string of the molecule is CC1CN(C(=O)N[C@@H](C(=O)O)C(C)C)CCCO1. The molecule has 0 bridgehead atoms. The van der Waals surface area contributed by atoms with Crippen molar-refractivity contribution >= 4 is 12.0 Å². The van der Waals surface area contributed by atoms with Crippen LogP contribution in [0.5, 0.6) is 0 Å². The lowest BCUT2D eigenvalue weighted by Gasteiger charge is -2.26. The van der Waals surface area contributed by atoms with Crippen LogP contribution < -0.4 is 5.32 Å². The van der Waals surface area contributed by atoms with Gasteiger partial charge in [0.2, 0.25) is 0 Å². The number of urea groups is 1. The molecule has 0 spiro atoms. The van der Waals surface area contributed by atoms with Crippen LogP contribution >= 0.6 is 0 Å². The molecule has 18 heavy (non-hydrogen) atoms. The molecule has 2 N–H and O–H groups in total. The molecule has 0 aromatic carbocycles. The van der Waals surface area contributed by atoms with E-state index in [1.807, 2.05) is 6.92 Å². The monoisotopic (exact) mass is 258 g/mol. The average Bonchev–Trinajstić information content (AvgIpc) is 2.49. The molecule has 0 aliphatic carbocycles. The van der Waals surface area contributed by atoms with Crippen molar-refractivity contribution in [2.45, 2.75) is 39.3 Å². The molecule has 0 aromatic heterocycles. The minimum Gasteiger partial charge on any atom is -0.480 e. The maximum Gasteiger partial charge on any atom is 0.326 e. The number of carbonyl (C=O) groups is 2. The van der Waals surface area contributed by atoms with E-state index in [9.17, 15) is 9.59 Å². The van der Waals surface area contributed by atoms with Gasteiger partial charge in [0.25, 0.3) is 0 Å². The second-order valence-electron chi connectivity index (χ2n) is 4.99. The Morgan fingerprint density at radius 3 is 2.67 bits per heavy atom. The highest BCUT2D eigenvalue weighted by Gasteiger charge is 2.27. The quantitative estimate of drug-likeness (QED) is 0.789. The Bertz CT molecular complexity index is 306. The first kappa shape index (κ1) is 14.8. The third-order valence-electron chi connectivity index (χ3n) is 2.95. The van der Waals surface area contributed by atoms with E-state index in [0.29, 0.717) is 19.7 Å². The Balaban J connectivity index is 2.59. The Morgan fingerprint density at radius 2 is 2.11 bits per heavy atom. The standard InChI is InChI=1S/C12H22N2O4/c1-8(2)10(11(15)16)13-12(17)14-5-4-6-18-9(3)7-14/h8-10H,4-7H2,1-3H3,(H,13,17)(H,15,16)/t9?,10-/m1/s1. The Morgan fingerprint density at radius 1 is 1.44 bits per heavy atom. The number of aliphatic carboxylic acids is 1. The fraction of sp³-hybridized carbons (Fsp3) is 0.833. The second kappa shape index (κ2) is 6.58. The van der Waals surface area contributed by atoms with E-state index in [1.165, 1.54) is 0 Å². The fourth-order valence-electron chi connectivity index (χ4n) is 1.92. The van der Waals surface area contributed by atoms with E-state index in [4.69, 9.17) is 9.84 Å². The van der Waals surface area contributed by atoms with E-state index in [1.54, 1.807) is 18.7 Å². The molecule has 1 fully saturated rings. The molecule has 1 aliphatic rings. The van der Waals surface area contributed by atoms with Crippen LogP contribution in [0.25, 0.3) is 0 Å². The van der Waals surface area contributed by atoms with E-state index in [2.05, 4.69) is 5.32 Å². The van der Waals surface area contributed by atoms with Crippen molar-refractivity contribution in [3.63, 3.8) is 0 Å². The molecule has 0 radical (unpaired) electrons. The summed E-state index contributed by atoms with van der Waals surface area (Å²) < 4.78 is 5.45. The maximum atomic E-state index is 12.0. The van der Waals surface area contributed by atoms with Gasteiger partial charge >= 0.3 is 12.0 Å². The van der Waals surface area contributed by atoms with Gasteiger partial charge in [-0.05, 0) is 19.3 Å². The van der Waals surface area contributed by atoms with Crippen molar-refractivity contribution in [3.05, 3.63) is 0 Å². The molecule has 1 rings (SSSR count). The van der Waals surface area contributed by atoms with Gasteiger partial charge in [0, 0.05) is 19.7 Å². The van der Waals surface area contributed by atoms with Crippen LogP contribution in [0, 0.1) is 5.92 Å². The Labute approximate surface area is 107 Å². The van der Waals surface area contributed by atoms with Gasteiger partial charge in [-0.25, -0.2) is 9.59 Å². The maximum absolute atomic E-state index is 12.0. The number of carbonyl (C=O) groups excluding carboxylic acids is 1. The molecule has 2 amide bonds. The van der Waals surface area contributed by atoms with Gasteiger partial charge in [-0.15, -0.1) is 0 Å². The van der Waals surface area contributed by atoms with Crippen molar-refractivity contribution < 1.29 is 19.4 Å². The number of carboxylic acid groups (broad SMARTS) is 1. The first-order valence-electron chi connectivity index (χ1n) is 6.31. The van der Waals surface area contributed by atoms with Crippen molar-refractivity contribution in [3.8, 4) is 0 Å². The molecule has 2 atom stereocenters. The number of hydrogen-bond donors (Lipinski definition) is 2. The molecular weight excluding hydrogens is 236 g/mol. The number of ether oxygens (including phenoxy) is 1. The van der Waals surface area contributed by atoms with Crippen molar-refractivity contribution in [1.29, 1.82) is 0 Å². The van der Waals surface area contributed by atoms with Gasteiger partial charge in [-0.2, -0.15) is 0 Å². The first-order chi connectivity index (χ1) is 8.41. The first-order valence-corrected chi connectivity index (χ1v) is 6.31. The van der Waals surface area contributed by atoms with E-state index < -0.39 is 12.0 Å². The predicted molar refractivity (Wildman–Crippen MR) is 66.4 cm³/mol. The van der Waals surface area contributed by atoms with Crippen molar-refractivity contribution in [2.24, 2.45) is 5.92 Å². The lowest BCUT2D eigenvalue weighted by atomic mass is 10.1. The Hall–Kier alpha value is -1.30. The number of hydrogen-bond acceptors (Lipinski definition) is 3. The van der Waals surface area contributed by atoms with Crippen LogP contribution in [0.1, 0.15) is 27.2 Å². The zero-order chi connectivity index (χ0) is 13.7. The molecule has 104 valence electrons. The molecule has 1 aliphatic heterocycles. The van der Waals surface area contributed by atoms with E-state index >= 15 is 0 Å². The molecular formula is C12H22N2O4. The van der Waals surface area contributed by atoms with Gasteiger partial charge in [-0.3, -0.25) is 0 Å². The second-order valence-corrected chi connectivity index (χ2v) is 4.99. The molecule has 0 saturated carbocycles. The number of carboxylic acids is 1. The van der Waals surface area contributed by atoms with Crippen LogP contribution in [-0.2, 0) is 9.53 Å². The van der Waals surface area contributed by atoms with Crippen LogP contribution in [0.15, 0.2) is 0 Å². The average molecular weight is 258 g/mol. The summed E-state index contributed by atoms with van der Waals surface area (Å²) in [7, 11) is 0. The van der Waals surface area contributed by atoms with E-state index in [0.717, 1.165) is 6.42 Å². The van der Waals surface area contributed by atoms with E-state index in [-0.39, 0.29) is 18.1 Å². The minimum absolute atomic E-state index is 0.0134. The molecule has 1 saturated heterocycles. The topological polar surface area (TPSA) is 78.9 Å². The lowest BCUT2D eigenvalue weighted by Crippen LogP contribution is -2.51. The van der Waals surface area contributed by atoms with Gasteiger partial charge in [0.05, 0.1) is 6.10 Å². The number of amides is 2. The third-order valence-corrected chi connectivity index (χ3v) is 2.95. The van der Waals surface area contributed by atoms with Gasteiger partial charge in [0.1, 0.15) is 6.04 Å². The zero-order valence-corrected chi connectivity index (χ0v) is 11.2. The summed E-state index contributed by atoms with van der Waals surface area (Å²) >= 11 is 0. The molecule has 6 nitrogen and oxygen atoms in total. The summed E-state index contributed by atoms with van der Waals surface area (Å²) in [4.78, 5) is 24.7. The number of nitrogens with zero attached hydrogens (tertiary/aromatic N) is 1. The molecule has 1 heterocycles. The molecule has 1 unspecified atom stereocenters. The summed E-state index contributed by atoms with van der Waals surface area (Å²) in [5.74, 6) is -1.15. The number of rotatable bonds is 3. The molecule has 6 heteroatoms. The third kappa shape index (κ3) is 4.18. The largest absolute Gasteiger partial charge is 0.480 e. The summed E-state index contributed by atoms with van der Waals surface area (Å²) in [6.07, 6.45) is 0.762. The summed E-state index contributed by atoms with van der Waals surface area (Å²) in [5, 5.41) is 11.6. The van der Waals surface area contributed by atoms with Crippen LogP contribution in [0.2, 0.25) is 0 Å². The van der Waals surface area contributed by atoms with Crippen LogP contribution in [-0.4, -0.2) is 53.8 Å². The zero-order valence-electron chi connectivity index (χ0n) is 11.2.